The van der Waals surface area contributed by atoms with Crippen LogP contribution in [-0.4, -0.2) is 35.5 Å². The van der Waals surface area contributed by atoms with E-state index in [4.69, 9.17) is 9.47 Å². The van der Waals surface area contributed by atoms with Crippen LogP contribution in [0.5, 0.6) is 5.75 Å². The van der Waals surface area contributed by atoms with E-state index in [9.17, 15) is 4.79 Å². The molecule has 1 N–H and O–H groups in total. The molecule has 0 aliphatic carbocycles. The molecular weight excluding hydrogens is 368 g/mol. The first-order valence-corrected chi connectivity index (χ1v) is 8.77. The number of thiazole rings is 1. The number of alkyl halides is 1. The van der Waals surface area contributed by atoms with E-state index < -0.39 is 0 Å². The summed E-state index contributed by atoms with van der Waals surface area (Å²) in [7, 11) is 1.65. The van der Waals surface area contributed by atoms with Crippen molar-refractivity contribution in [1.82, 2.24) is 4.98 Å². The van der Waals surface area contributed by atoms with Crippen LogP contribution in [0.15, 0.2) is 18.2 Å². The molecule has 0 fully saturated rings. The van der Waals surface area contributed by atoms with Crippen molar-refractivity contribution < 1.29 is 14.3 Å². The molecule has 7 heteroatoms. The SMILES string of the molecule is CC[C@H](Br)C(=O)Nc1nc2ccc(O[C@H](C)COC)cc2s1. The maximum Gasteiger partial charge on any atom is 0.239 e. The second-order valence-electron chi connectivity index (χ2n) is 4.90. The standard InChI is InChI=1S/C15H19BrN2O3S/c1-4-11(16)14(19)18-15-17-12-6-5-10(7-13(12)22-15)21-9(2)8-20-3/h5-7,9,11H,4,8H2,1-3H3,(H,17,18,19)/t9-,11+/m1/s1. The van der Waals surface area contributed by atoms with Crippen LogP contribution in [0.4, 0.5) is 5.13 Å². The zero-order valence-corrected chi connectivity index (χ0v) is 15.2. The third-order valence-electron chi connectivity index (χ3n) is 2.97. The van der Waals surface area contributed by atoms with Crippen molar-refractivity contribution in [1.29, 1.82) is 0 Å². The molecule has 0 bridgehead atoms. The van der Waals surface area contributed by atoms with E-state index in [0.717, 1.165) is 22.4 Å². The summed E-state index contributed by atoms with van der Waals surface area (Å²) in [6, 6.07) is 5.70. The van der Waals surface area contributed by atoms with Crippen molar-refractivity contribution in [2.45, 2.75) is 31.2 Å². The first-order valence-electron chi connectivity index (χ1n) is 7.04. The number of amides is 1. The summed E-state index contributed by atoms with van der Waals surface area (Å²) in [5, 5.41) is 3.42. The molecule has 1 aromatic heterocycles. The zero-order chi connectivity index (χ0) is 16.1. The van der Waals surface area contributed by atoms with E-state index in [1.807, 2.05) is 32.0 Å². The normalized spacial score (nSPS) is 13.8. The summed E-state index contributed by atoms with van der Waals surface area (Å²) >= 11 is 4.76. The van der Waals surface area contributed by atoms with Gasteiger partial charge in [0.25, 0.3) is 0 Å². The van der Waals surface area contributed by atoms with Crippen molar-refractivity contribution in [3.8, 4) is 5.75 Å². The van der Waals surface area contributed by atoms with Crippen LogP contribution in [0.2, 0.25) is 0 Å². The smallest absolute Gasteiger partial charge is 0.239 e. The number of hydrogen-bond donors (Lipinski definition) is 1. The quantitative estimate of drug-likeness (QED) is 0.734. The van der Waals surface area contributed by atoms with Gasteiger partial charge in [-0.25, -0.2) is 4.98 Å². The number of ether oxygens (including phenoxy) is 2. The number of methoxy groups -OCH3 is 1. The summed E-state index contributed by atoms with van der Waals surface area (Å²) < 4.78 is 11.8. The van der Waals surface area contributed by atoms with Gasteiger partial charge < -0.3 is 14.8 Å². The van der Waals surface area contributed by atoms with Gasteiger partial charge in [-0.05, 0) is 31.5 Å². The molecule has 22 heavy (non-hydrogen) atoms. The van der Waals surface area contributed by atoms with E-state index in [-0.39, 0.29) is 16.8 Å². The van der Waals surface area contributed by atoms with Gasteiger partial charge >= 0.3 is 0 Å². The van der Waals surface area contributed by atoms with E-state index in [1.165, 1.54) is 11.3 Å². The van der Waals surface area contributed by atoms with Crippen LogP contribution in [0.3, 0.4) is 0 Å². The number of nitrogens with one attached hydrogen (secondary N) is 1. The highest BCUT2D eigenvalue weighted by molar-refractivity contribution is 9.10. The molecule has 0 unspecified atom stereocenters. The largest absolute Gasteiger partial charge is 0.488 e. The Balaban J connectivity index is 2.12. The predicted molar refractivity (Wildman–Crippen MR) is 93.2 cm³/mol. The van der Waals surface area contributed by atoms with Crippen molar-refractivity contribution in [2.24, 2.45) is 0 Å². The van der Waals surface area contributed by atoms with Crippen LogP contribution in [-0.2, 0) is 9.53 Å². The Labute approximate surface area is 142 Å². The molecule has 0 aliphatic rings. The molecule has 1 amide bonds. The highest BCUT2D eigenvalue weighted by Gasteiger charge is 2.15. The maximum absolute atomic E-state index is 11.9. The lowest BCUT2D eigenvalue weighted by molar-refractivity contribution is -0.115. The molecule has 2 atom stereocenters. The van der Waals surface area contributed by atoms with Gasteiger partial charge in [0.1, 0.15) is 11.9 Å². The Morgan fingerprint density at radius 1 is 1.50 bits per heavy atom. The number of nitrogens with zero attached hydrogens (tertiary/aromatic N) is 1. The fraction of sp³-hybridized carbons (Fsp3) is 0.467. The van der Waals surface area contributed by atoms with E-state index in [0.29, 0.717) is 11.7 Å². The minimum atomic E-state index is -0.201. The van der Waals surface area contributed by atoms with Gasteiger partial charge in [-0.1, -0.05) is 34.2 Å². The molecule has 0 saturated heterocycles. The van der Waals surface area contributed by atoms with Crippen molar-refractivity contribution >= 4 is 48.5 Å². The molecule has 2 rings (SSSR count). The molecule has 120 valence electrons. The average molecular weight is 387 g/mol. The van der Waals surface area contributed by atoms with Gasteiger partial charge in [0.05, 0.1) is 21.7 Å². The van der Waals surface area contributed by atoms with E-state index in [2.05, 4.69) is 26.2 Å². The van der Waals surface area contributed by atoms with Gasteiger partial charge in [0.15, 0.2) is 5.13 Å². The first kappa shape index (κ1) is 17.2. The summed E-state index contributed by atoms with van der Waals surface area (Å²) in [6.07, 6.45) is 0.708. The van der Waals surface area contributed by atoms with Crippen LogP contribution >= 0.6 is 27.3 Å². The van der Waals surface area contributed by atoms with E-state index in [1.54, 1.807) is 7.11 Å². The molecule has 0 radical (unpaired) electrons. The number of rotatable bonds is 7. The van der Waals surface area contributed by atoms with Crippen LogP contribution in [0.1, 0.15) is 20.3 Å². The topological polar surface area (TPSA) is 60.5 Å². The number of carbonyl (C=O) groups excluding carboxylic acids is 1. The van der Waals surface area contributed by atoms with Crippen LogP contribution < -0.4 is 10.1 Å². The van der Waals surface area contributed by atoms with E-state index >= 15 is 0 Å². The van der Waals surface area contributed by atoms with Gasteiger partial charge in [-0.2, -0.15) is 0 Å². The lowest BCUT2D eigenvalue weighted by atomic mass is 10.3. The number of halogens is 1. The first-order chi connectivity index (χ1) is 10.5. The number of fused-ring (bicyclic) bond motifs is 1. The maximum atomic E-state index is 11.9. The molecule has 2 aromatic rings. The summed E-state index contributed by atoms with van der Waals surface area (Å²) in [5.41, 5.74) is 0.842. The Hall–Kier alpha value is -1.18. The van der Waals surface area contributed by atoms with Crippen molar-refractivity contribution in [3.63, 3.8) is 0 Å². The van der Waals surface area contributed by atoms with Crippen LogP contribution in [0, 0.1) is 0 Å². The summed E-state index contributed by atoms with van der Waals surface area (Å²) in [6.45, 7) is 4.43. The summed E-state index contributed by atoms with van der Waals surface area (Å²) in [4.78, 5) is 16.1. The Morgan fingerprint density at radius 3 is 2.95 bits per heavy atom. The monoisotopic (exact) mass is 386 g/mol. The second-order valence-corrected chi connectivity index (χ2v) is 7.03. The zero-order valence-electron chi connectivity index (χ0n) is 12.8. The van der Waals surface area contributed by atoms with Gasteiger partial charge in [0.2, 0.25) is 5.91 Å². The Bertz CT molecular complexity index is 647. The third kappa shape index (κ3) is 4.41. The summed E-state index contributed by atoms with van der Waals surface area (Å²) in [5.74, 6) is 0.692. The Morgan fingerprint density at radius 2 is 2.27 bits per heavy atom. The highest BCUT2D eigenvalue weighted by atomic mass is 79.9. The fourth-order valence-electron chi connectivity index (χ4n) is 1.90. The Kier molecular flexibility index (Phi) is 6.16. The molecule has 0 saturated carbocycles. The number of aromatic nitrogens is 1. The number of anilines is 1. The van der Waals surface area contributed by atoms with Crippen molar-refractivity contribution in [2.75, 3.05) is 19.0 Å². The average Bonchev–Trinajstić information content (AvgIpc) is 2.87. The van der Waals surface area contributed by atoms with Crippen molar-refractivity contribution in [3.05, 3.63) is 18.2 Å². The van der Waals surface area contributed by atoms with Gasteiger partial charge in [0, 0.05) is 7.11 Å². The molecule has 0 aliphatic heterocycles. The molecule has 0 spiro atoms. The number of benzene rings is 1. The second kappa shape index (κ2) is 7.89. The predicted octanol–water partition coefficient (Wildman–Crippen LogP) is 3.82. The lowest BCUT2D eigenvalue weighted by Crippen LogP contribution is -2.21. The van der Waals surface area contributed by atoms with Gasteiger partial charge in [-0.15, -0.1) is 0 Å². The molecule has 1 aromatic carbocycles. The van der Waals surface area contributed by atoms with Crippen LogP contribution in [0.25, 0.3) is 10.2 Å². The highest BCUT2D eigenvalue weighted by Crippen LogP contribution is 2.30. The van der Waals surface area contributed by atoms with Gasteiger partial charge in [-0.3, -0.25) is 4.79 Å². The molecule has 1 heterocycles. The molecule has 5 nitrogen and oxygen atoms in total. The number of hydrogen-bond acceptors (Lipinski definition) is 5. The minimum Gasteiger partial charge on any atom is -0.488 e. The molecular formula is C15H19BrN2O3S. The lowest BCUT2D eigenvalue weighted by Gasteiger charge is -2.13. The fourth-order valence-corrected chi connectivity index (χ4v) is 2.91. The third-order valence-corrected chi connectivity index (χ3v) is 4.97. The number of carbonyl (C=O) groups is 1. The minimum absolute atomic E-state index is 0.0201.